The number of hydrogen-bond donors (Lipinski definition) is 1. The van der Waals surface area contributed by atoms with E-state index in [0.29, 0.717) is 13.2 Å². The monoisotopic (exact) mass is 262 g/mol. The Bertz CT molecular complexity index is 567. The number of aromatic nitrogens is 1. The van der Waals surface area contributed by atoms with E-state index < -0.39 is 0 Å². The predicted octanol–water partition coefficient (Wildman–Crippen LogP) is 1.93. The molecule has 2 unspecified atom stereocenters. The fourth-order valence-electron chi connectivity index (χ4n) is 2.47. The van der Waals surface area contributed by atoms with Crippen molar-refractivity contribution in [3.63, 3.8) is 0 Å². The van der Waals surface area contributed by atoms with Crippen LogP contribution in [0.4, 0.5) is 0 Å². The lowest BCUT2D eigenvalue weighted by molar-refractivity contribution is 0.186. The van der Waals surface area contributed by atoms with Gasteiger partial charge in [0.15, 0.2) is 5.58 Å². The maximum absolute atomic E-state index is 5.84. The normalized spacial score (nSPS) is 23.1. The van der Waals surface area contributed by atoms with Crippen LogP contribution in [0.2, 0.25) is 0 Å². The second kappa shape index (κ2) is 5.19. The van der Waals surface area contributed by atoms with E-state index >= 15 is 0 Å². The number of likely N-dealkylation sites (N-methyl/N-ethyl adjacent to an activating group) is 1. The molecule has 0 saturated carbocycles. The Kier molecular flexibility index (Phi) is 3.40. The molecule has 2 atom stereocenters. The number of methoxy groups -OCH3 is 1. The minimum absolute atomic E-state index is 0.179. The van der Waals surface area contributed by atoms with E-state index in [9.17, 15) is 0 Å². The molecule has 0 aliphatic carbocycles. The third-order valence-corrected chi connectivity index (χ3v) is 3.48. The van der Waals surface area contributed by atoms with Gasteiger partial charge in [0, 0.05) is 12.1 Å². The molecule has 0 bridgehead atoms. The smallest absolute Gasteiger partial charge is 0.202 e. The second-order valence-electron chi connectivity index (χ2n) is 4.69. The van der Waals surface area contributed by atoms with E-state index in [0.717, 1.165) is 29.3 Å². The van der Waals surface area contributed by atoms with Crippen LogP contribution in [0.5, 0.6) is 5.75 Å². The maximum atomic E-state index is 5.84. The number of oxazole rings is 1. The second-order valence-corrected chi connectivity index (χ2v) is 4.69. The zero-order valence-electron chi connectivity index (χ0n) is 11.2. The molecule has 1 aliphatic rings. The molecule has 0 spiro atoms. The van der Waals surface area contributed by atoms with Crippen molar-refractivity contribution < 1.29 is 13.9 Å². The van der Waals surface area contributed by atoms with Crippen LogP contribution in [0.25, 0.3) is 11.1 Å². The van der Waals surface area contributed by atoms with Gasteiger partial charge in [-0.15, -0.1) is 0 Å². The van der Waals surface area contributed by atoms with Crippen LogP contribution in [0.15, 0.2) is 22.6 Å². The van der Waals surface area contributed by atoms with Crippen molar-refractivity contribution in [3.8, 4) is 5.75 Å². The molecular weight excluding hydrogens is 244 g/mol. The van der Waals surface area contributed by atoms with Crippen molar-refractivity contribution in [1.29, 1.82) is 0 Å². The highest BCUT2D eigenvalue weighted by atomic mass is 16.5. The van der Waals surface area contributed by atoms with Crippen LogP contribution in [-0.2, 0) is 4.74 Å². The Morgan fingerprint density at radius 2 is 2.32 bits per heavy atom. The Labute approximate surface area is 111 Å². The molecule has 5 heteroatoms. The first-order chi connectivity index (χ1) is 9.31. The maximum Gasteiger partial charge on any atom is 0.202 e. The van der Waals surface area contributed by atoms with Gasteiger partial charge < -0.3 is 19.2 Å². The topological polar surface area (TPSA) is 56.5 Å². The minimum Gasteiger partial charge on any atom is -0.497 e. The van der Waals surface area contributed by atoms with E-state index in [4.69, 9.17) is 13.9 Å². The van der Waals surface area contributed by atoms with Gasteiger partial charge in [-0.05, 0) is 18.7 Å². The van der Waals surface area contributed by atoms with Crippen LogP contribution >= 0.6 is 0 Å². The Morgan fingerprint density at radius 1 is 1.42 bits per heavy atom. The SMILES string of the molecule is CCNC1COCC1c1nc2cc(OC)ccc2o1. The Balaban J connectivity index is 1.92. The molecule has 1 fully saturated rings. The van der Waals surface area contributed by atoms with Gasteiger partial charge in [0.25, 0.3) is 0 Å². The summed E-state index contributed by atoms with van der Waals surface area (Å²) in [5.41, 5.74) is 1.62. The molecule has 1 saturated heterocycles. The Morgan fingerprint density at radius 3 is 3.11 bits per heavy atom. The molecule has 2 aromatic rings. The zero-order chi connectivity index (χ0) is 13.2. The minimum atomic E-state index is 0.179. The molecule has 1 N–H and O–H groups in total. The standard InChI is InChI=1S/C14H18N2O3/c1-3-15-12-8-18-7-10(12)14-16-11-6-9(17-2)4-5-13(11)19-14/h4-6,10,12,15H,3,7-8H2,1-2H3. The summed E-state index contributed by atoms with van der Waals surface area (Å²) in [6.45, 7) is 4.37. The van der Waals surface area contributed by atoms with Crippen molar-refractivity contribution >= 4 is 11.1 Å². The van der Waals surface area contributed by atoms with E-state index in [-0.39, 0.29) is 12.0 Å². The van der Waals surface area contributed by atoms with Crippen LogP contribution in [-0.4, -0.2) is 37.9 Å². The number of benzene rings is 1. The summed E-state index contributed by atoms with van der Waals surface area (Å²) in [6.07, 6.45) is 0. The van der Waals surface area contributed by atoms with E-state index in [1.54, 1.807) is 7.11 Å². The lowest BCUT2D eigenvalue weighted by atomic mass is 10.0. The molecule has 1 aromatic carbocycles. The number of hydrogen-bond acceptors (Lipinski definition) is 5. The summed E-state index contributed by atoms with van der Waals surface area (Å²) in [4.78, 5) is 4.57. The highest BCUT2D eigenvalue weighted by molar-refractivity contribution is 5.74. The van der Waals surface area contributed by atoms with E-state index in [2.05, 4.69) is 17.2 Å². The summed E-state index contributed by atoms with van der Waals surface area (Å²) >= 11 is 0. The van der Waals surface area contributed by atoms with Crippen molar-refractivity contribution in [2.24, 2.45) is 0 Å². The number of nitrogens with one attached hydrogen (secondary N) is 1. The van der Waals surface area contributed by atoms with E-state index in [1.165, 1.54) is 0 Å². The van der Waals surface area contributed by atoms with Gasteiger partial charge in [0.05, 0.1) is 26.2 Å². The quantitative estimate of drug-likeness (QED) is 0.912. The lowest BCUT2D eigenvalue weighted by Crippen LogP contribution is -2.34. The van der Waals surface area contributed by atoms with Gasteiger partial charge in [-0.25, -0.2) is 4.98 Å². The zero-order valence-corrected chi connectivity index (χ0v) is 11.2. The number of fused-ring (bicyclic) bond motifs is 1. The van der Waals surface area contributed by atoms with Crippen molar-refractivity contribution in [3.05, 3.63) is 24.1 Å². The first-order valence-electron chi connectivity index (χ1n) is 6.57. The highest BCUT2D eigenvalue weighted by Gasteiger charge is 2.32. The van der Waals surface area contributed by atoms with E-state index in [1.807, 2.05) is 18.2 Å². The van der Waals surface area contributed by atoms with Gasteiger partial charge >= 0.3 is 0 Å². The number of ether oxygens (including phenoxy) is 2. The molecule has 3 rings (SSSR count). The van der Waals surface area contributed by atoms with Crippen LogP contribution in [0, 0.1) is 0 Å². The molecule has 5 nitrogen and oxygen atoms in total. The highest BCUT2D eigenvalue weighted by Crippen LogP contribution is 2.29. The molecule has 0 amide bonds. The van der Waals surface area contributed by atoms with Crippen LogP contribution in [0.3, 0.4) is 0 Å². The van der Waals surface area contributed by atoms with Crippen LogP contribution in [0.1, 0.15) is 18.7 Å². The summed E-state index contributed by atoms with van der Waals surface area (Å²) in [6, 6.07) is 5.94. The lowest BCUT2D eigenvalue weighted by Gasteiger charge is -2.14. The summed E-state index contributed by atoms with van der Waals surface area (Å²) in [5.74, 6) is 1.71. The van der Waals surface area contributed by atoms with Crippen molar-refractivity contribution in [1.82, 2.24) is 10.3 Å². The molecule has 1 aliphatic heterocycles. The molecule has 0 radical (unpaired) electrons. The third kappa shape index (κ3) is 2.31. The van der Waals surface area contributed by atoms with Gasteiger partial charge in [0.1, 0.15) is 11.3 Å². The average Bonchev–Trinajstić information content (AvgIpc) is 3.03. The Hall–Kier alpha value is -1.59. The number of nitrogens with zero attached hydrogens (tertiary/aromatic N) is 1. The summed E-state index contributed by atoms with van der Waals surface area (Å²) < 4.78 is 16.6. The van der Waals surface area contributed by atoms with Gasteiger partial charge in [-0.3, -0.25) is 0 Å². The third-order valence-electron chi connectivity index (χ3n) is 3.48. The molecule has 102 valence electrons. The van der Waals surface area contributed by atoms with Crippen molar-refractivity contribution in [2.75, 3.05) is 26.9 Å². The number of rotatable bonds is 4. The average molecular weight is 262 g/mol. The fourth-order valence-corrected chi connectivity index (χ4v) is 2.47. The molecule has 1 aromatic heterocycles. The predicted molar refractivity (Wildman–Crippen MR) is 71.6 cm³/mol. The fraction of sp³-hybridized carbons (Fsp3) is 0.500. The van der Waals surface area contributed by atoms with Gasteiger partial charge in [0.2, 0.25) is 5.89 Å². The van der Waals surface area contributed by atoms with Gasteiger partial charge in [-0.1, -0.05) is 6.92 Å². The summed E-state index contributed by atoms with van der Waals surface area (Å²) in [7, 11) is 1.65. The van der Waals surface area contributed by atoms with Gasteiger partial charge in [-0.2, -0.15) is 0 Å². The van der Waals surface area contributed by atoms with Crippen molar-refractivity contribution in [2.45, 2.75) is 18.9 Å². The molecule has 2 heterocycles. The van der Waals surface area contributed by atoms with Crippen LogP contribution < -0.4 is 10.1 Å². The first kappa shape index (κ1) is 12.4. The molecule has 19 heavy (non-hydrogen) atoms. The largest absolute Gasteiger partial charge is 0.497 e. The summed E-state index contributed by atoms with van der Waals surface area (Å²) in [5, 5.41) is 3.41. The molecular formula is C14H18N2O3. The first-order valence-corrected chi connectivity index (χ1v) is 6.57.